The van der Waals surface area contributed by atoms with Crippen LogP contribution in [0.4, 0.5) is 0 Å². The number of hydrogen-bond donors (Lipinski definition) is 1. The van der Waals surface area contributed by atoms with Crippen LogP contribution in [0.15, 0.2) is 24.5 Å². The van der Waals surface area contributed by atoms with Gasteiger partial charge in [0.05, 0.1) is 29.6 Å². The van der Waals surface area contributed by atoms with Gasteiger partial charge in [-0.25, -0.2) is 9.97 Å². The average Bonchev–Trinajstić information content (AvgIpc) is 2.92. The van der Waals surface area contributed by atoms with E-state index in [2.05, 4.69) is 35.1 Å². The molecule has 0 fully saturated rings. The van der Waals surface area contributed by atoms with Crippen molar-refractivity contribution in [2.24, 2.45) is 19.8 Å². The summed E-state index contributed by atoms with van der Waals surface area (Å²) in [5.74, 6) is 0.897. The predicted octanol–water partition coefficient (Wildman–Crippen LogP) is 1.74. The number of hydrogen-bond acceptors (Lipinski definition) is 3. The van der Waals surface area contributed by atoms with Gasteiger partial charge in [-0.15, -0.1) is 0 Å². The second-order valence-electron chi connectivity index (χ2n) is 4.78. The Morgan fingerprint density at radius 1 is 1.26 bits per heavy atom. The lowest BCUT2D eigenvalue weighted by Crippen LogP contribution is -2.05. The molecular formula is C14H17N5. The first-order valence-corrected chi connectivity index (χ1v) is 6.25. The third-order valence-electron chi connectivity index (χ3n) is 3.66. The largest absolute Gasteiger partial charge is 0.334 e. The Balaban J connectivity index is 2.18. The van der Waals surface area contributed by atoms with Gasteiger partial charge in [-0.2, -0.15) is 0 Å². The summed E-state index contributed by atoms with van der Waals surface area (Å²) >= 11 is 0. The van der Waals surface area contributed by atoms with Crippen LogP contribution in [0, 0.1) is 6.92 Å². The van der Waals surface area contributed by atoms with E-state index in [1.165, 1.54) is 0 Å². The zero-order chi connectivity index (χ0) is 13.6. The molecule has 1 aromatic carbocycles. The van der Waals surface area contributed by atoms with E-state index in [-0.39, 0.29) is 0 Å². The van der Waals surface area contributed by atoms with Crippen LogP contribution in [0.1, 0.15) is 11.5 Å². The molecule has 0 saturated heterocycles. The fraction of sp³-hybridized carbons (Fsp3) is 0.286. The second-order valence-corrected chi connectivity index (χ2v) is 4.78. The Hall–Kier alpha value is -2.14. The lowest BCUT2D eigenvalue weighted by Gasteiger charge is -2.01. The van der Waals surface area contributed by atoms with Crippen LogP contribution in [0.2, 0.25) is 0 Å². The standard InChI is InChI=1S/C14H17N5/c1-9-14(17-13(7-15)19(9)3)10-4-5-12-11(6-10)16-8-18(12)2/h4-6,8H,7,15H2,1-3H3. The molecule has 0 aliphatic heterocycles. The first kappa shape index (κ1) is 11.9. The van der Waals surface area contributed by atoms with Crippen molar-refractivity contribution in [3.05, 3.63) is 36.0 Å². The lowest BCUT2D eigenvalue weighted by molar-refractivity contribution is 0.774. The molecule has 19 heavy (non-hydrogen) atoms. The molecule has 2 aromatic heterocycles. The molecular weight excluding hydrogens is 238 g/mol. The molecule has 2 heterocycles. The minimum atomic E-state index is 0.448. The van der Waals surface area contributed by atoms with E-state index in [9.17, 15) is 0 Å². The van der Waals surface area contributed by atoms with E-state index in [1.807, 2.05) is 29.6 Å². The van der Waals surface area contributed by atoms with Gasteiger partial charge in [0.15, 0.2) is 0 Å². The molecule has 0 aliphatic rings. The van der Waals surface area contributed by atoms with E-state index in [0.29, 0.717) is 6.54 Å². The van der Waals surface area contributed by atoms with Gasteiger partial charge in [0.25, 0.3) is 0 Å². The highest BCUT2D eigenvalue weighted by molar-refractivity contribution is 5.81. The van der Waals surface area contributed by atoms with Gasteiger partial charge in [0.1, 0.15) is 5.82 Å². The van der Waals surface area contributed by atoms with E-state index in [1.54, 1.807) is 0 Å². The molecule has 0 aliphatic carbocycles. The summed E-state index contributed by atoms with van der Waals surface area (Å²) in [6, 6.07) is 6.23. The van der Waals surface area contributed by atoms with Gasteiger partial charge in [0.2, 0.25) is 0 Å². The Kier molecular flexibility index (Phi) is 2.64. The SMILES string of the molecule is Cc1c(-c2ccc3c(c2)ncn3C)nc(CN)n1C. The normalized spacial score (nSPS) is 11.4. The predicted molar refractivity (Wildman–Crippen MR) is 75.5 cm³/mol. The van der Waals surface area contributed by atoms with Crippen molar-refractivity contribution < 1.29 is 0 Å². The molecule has 0 unspecified atom stereocenters. The topological polar surface area (TPSA) is 61.7 Å². The first-order valence-electron chi connectivity index (χ1n) is 6.25. The molecule has 5 heteroatoms. The minimum absolute atomic E-state index is 0.448. The Labute approximate surface area is 111 Å². The molecule has 3 aromatic rings. The van der Waals surface area contributed by atoms with E-state index >= 15 is 0 Å². The summed E-state index contributed by atoms with van der Waals surface area (Å²) in [7, 11) is 3.99. The quantitative estimate of drug-likeness (QED) is 0.758. The molecule has 5 nitrogen and oxygen atoms in total. The zero-order valence-electron chi connectivity index (χ0n) is 11.4. The molecule has 0 spiro atoms. The van der Waals surface area contributed by atoms with E-state index in [0.717, 1.165) is 33.8 Å². The van der Waals surface area contributed by atoms with Crippen LogP contribution in [0.25, 0.3) is 22.3 Å². The zero-order valence-corrected chi connectivity index (χ0v) is 11.4. The van der Waals surface area contributed by atoms with Gasteiger partial charge in [-0.05, 0) is 19.1 Å². The third kappa shape index (κ3) is 1.74. The average molecular weight is 255 g/mol. The molecule has 98 valence electrons. The van der Waals surface area contributed by atoms with Crippen LogP contribution in [0.3, 0.4) is 0 Å². The van der Waals surface area contributed by atoms with E-state index in [4.69, 9.17) is 5.73 Å². The van der Waals surface area contributed by atoms with Gasteiger partial charge in [-0.1, -0.05) is 6.07 Å². The van der Waals surface area contributed by atoms with Crippen molar-refractivity contribution in [2.75, 3.05) is 0 Å². The van der Waals surface area contributed by atoms with Crippen molar-refractivity contribution in [1.29, 1.82) is 0 Å². The van der Waals surface area contributed by atoms with Crippen LogP contribution < -0.4 is 5.73 Å². The number of imidazole rings is 2. The molecule has 0 atom stereocenters. The fourth-order valence-electron chi connectivity index (χ4n) is 2.38. The summed E-state index contributed by atoms with van der Waals surface area (Å²) in [4.78, 5) is 9.00. The number of nitrogens with zero attached hydrogens (tertiary/aromatic N) is 4. The summed E-state index contributed by atoms with van der Waals surface area (Å²) < 4.78 is 4.05. The van der Waals surface area contributed by atoms with Crippen molar-refractivity contribution in [2.45, 2.75) is 13.5 Å². The maximum Gasteiger partial charge on any atom is 0.123 e. The maximum absolute atomic E-state index is 5.71. The molecule has 0 bridgehead atoms. The van der Waals surface area contributed by atoms with Gasteiger partial charge < -0.3 is 14.9 Å². The van der Waals surface area contributed by atoms with Crippen molar-refractivity contribution in [1.82, 2.24) is 19.1 Å². The summed E-state index contributed by atoms with van der Waals surface area (Å²) in [5, 5.41) is 0. The van der Waals surface area contributed by atoms with Crippen molar-refractivity contribution >= 4 is 11.0 Å². The van der Waals surface area contributed by atoms with Crippen molar-refractivity contribution in [3.63, 3.8) is 0 Å². The van der Waals surface area contributed by atoms with Crippen molar-refractivity contribution in [3.8, 4) is 11.3 Å². The molecule has 3 rings (SSSR count). The second kappa shape index (κ2) is 4.20. The highest BCUT2D eigenvalue weighted by Gasteiger charge is 2.12. The van der Waals surface area contributed by atoms with Crippen LogP contribution in [-0.2, 0) is 20.6 Å². The number of fused-ring (bicyclic) bond motifs is 1. The van der Waals surface area contributed by atoms with Crippen LogP contribution in [-0.4, -0.2) is 19.1 Å². The molecule has 0 radical (unpaired) electrons. The summed E-state index contributed by atoms with van der Waals surface area (Å²) in [6.45, 7) is 2.51. The number of benzene rings is 1. The smallest absolute Gasteiger partial charge is 0.123 e. The minimum Gasteiger partial charge on any atom is -0.334 e. The highest BCUT2D eigenvalue weighted by Crippen LogP contribution is 2.26. The first-order chi connectivity index (χ1) is 9.11. The summed E-state index contributed by atoms with van der Waals surface area (Å²) in [5.41, 5.74) is 11.0. The number of aryl methyl sites for hydroxylation is 1. The monoisotopic (exact) mass is 255 g/mol. The van der Waals surface area contributed by atoms with Crippen LogP contribution in [0.5, 0.6) is 0 Å². The van der Waals surface area contributed by atoms with Gasteiger partial charge in [-0.3, -0.25) is 0 Å². The molecule has 2 N–H and O–H groups in total. The van der Waals surface area contributed by atoms with Gasteiger partial charge in [0, 0.05) is 25.4 Å². The van der Waals surface area contributed by atoms with E-state index < -0.39 is 0 Å². The number of rotatable bonds is 2. The lowest BCUT2D eigenvalue weighted by atomic mass is 10.1. The Morgan fingerprint density at radius 2 is 2.05 bits per heavy atom. The number of nitrogens with two attached hydrogens (primary N) is 1. The van der Waals surface area contributed by atoms with Gasteiger partial charge >= 0.3 is 0 Å². The fourth-order valence-corrected chi connectivity index (χ4v) is 2.38. The maximum atomic E-state index is 5.71. The summed E-state index contributed by atoms with van der Waals surface area (Å²) in [6.07, 6.45) is 1.82. The molecule has 0 amide bonds. The number of aromatic nitrogens is 4. The highest BCUT2D eigenvalue weighted by atomic mass is 15.1. The Morgan fingerprint density at radius 3 is 2.74 bits per heavy atom. The third-order valence-corrected chi connectivity index (χ3v) is 3.66. The Bertz CT molecular complexity index is 751. The molecule has 0 saturated carbocycles. The van der Waals surface area contributed by atoms with Crippen LogP contribution >= 0.6 is 0 Å².